The first-order valence-electron chi connectivity index (χ1n) is 12.7. The third-order valence-corrected chi connectivity index (χ3v) is 8.53. The number of methoxy groups -OCH3 is 1. The summed E-state index contributed by atoms with van der Waals surface area (Å²) >= 11 is 0. The second kappa shape index (κ2) is 9.56. The lowest BCUT2D eigenvalue weighted by Gasteiger charge is -2.53. The second-order valence-electron chi connectivity index (χ2n) is 10.9. The van der Waals surface area contributed by atoms with Gasteiger partial charge >= 0.3 is 0 Å². The van der Waals surface area contributed by atoms with Crippen LogP contribution in [-0.2, 0) is 27.4 Å². The second-order valence-corrected chi connectivity index (χ2v) is 10.9. The van der Waals surface area contributed by atoms with Gasteiger partial charge in [-0.2, -0.15) is 0 Å². The van der Waals surface area contributed by atoms with Gasteiger partial charge in [0.1, 0.15) is 17.4 Å². The highest BCUT2D eigenvalue weighted by Gasteiger charge is 2.66. The van der Waals surface area contributed by atoms with Crippen molar-refractivity contribution in [3.63, 3.8) is 0 Å². The zero-order valence-corrected chi connectivity index (χ0v) is 21.9. The Morgan fingerprint density at radius 3 is 2.54 bits per heavy atom. The van der Waals surface area contributed by atoms with E-state index in [-0.39, 0.29) is 29.7 Å². The maximum atomic E-state index is 13.9. The number of allylic oxidation sites excluding steroid dienone is 1. The van der Waals surface area contributed by atoms with E-state index in [0.717, 1.165) is 16.7 Å². The zero-order chi connectivity index (χ0) is 28.4. The van der Waals surface area contributed by atoms with Crippen molar-refractivity contribution in [1.82, 2.24) is 4.90 Å². The first-order chi connectivity index (χ1) is 18.4. The molecule has 0 radical (unpaired) electrons. The van der Waals surface area contributed by atoms with Crippen molar-refractivity contribution in [2.24, 2.45) is 23.5 Å². The lowest BCUT2D eigenvalue weighted by molar-refractivity contribution is -0.178. The average Bonchev–Trinajstić information content (AvgIpc) is 2.86. The molecular weight excluding hydrogens is 504 g/mol. The predicted molar refractivity (Wildman–Crippen MR) is 140 cm³/mol. The number of carbonyl (C=O) groups is 3. The molecule has 0 heterocycles. The zero-order valence-electron chi connectivity index (χ0n) is 21.9. The van der Waals surface area contributed by atoms with Gasteiger partial charge in [0.2, 0.25) is 5.91 Å². The van der Waals surface area contributed by atoms with E-state index in [1.54, 1.807) is 32.2 Å². The number of phenolic OH excluding ortho intramolecular Hbond substituents is 1. The number of primary amides is 1. The van der Waals surface area contributed by atoms with Gasteiger partial charge in [-0.15, -0.1) is 0 Å². The van der Waals surface area contributed by atoms with Gasteiger partial charge in [0.25, 0.3) is 0 Å². The van der Waals surface area contributed by atoms with E-state index in [1.807, 2.05) is 24.3 Å². The van der Waals surface area contributed by atoms with Gasteiger partial charge in [0.05, 0.1) is 18.3 Å². The van der Waals surface area contributed by atoms with E-state index in [2.05, 4.69) is 0 Å². The summed E-state index contributed by atoms with van der Waals surface area (Å²) in [6.07, 6.45) is -1.22. The number of rotatable bonds is 5. The van der Waals surface area contributed by atoms with E-state index < -0.39 is 58.7 Å². The van der Waals surface area contributed by atoms with Crippen molar-refractivity contribution in [3.8, 4) is 16.9 Å². The molecule has 206 valence electrons. The Bertz CT molecular complexity index is 1420. The van der Waals surface area contributed by atoms with Crippen molar-refractivity contribution < 1.29 is 39.5 Å². The molecule has 0 aliphatic heterocycles. The van der Waals surface area contributed by atoms with E-state index in [4.69, 9.17) is 10.5 Å². The molecule has 6 atom stereocenters. The Labute approximate surface area is 225 Å². The highest BCUT2D eigenvalue weighted by molar-refractivity contribution is 6.16. The summed E-state index contributed by atoms with van der Waals surface area (Å²) in [5.41, 5.74) is 5.69. The van der Waals surface area contributed by atoms with Crippen LogP contribution in [0.2, 0.25) is 0 Å². The van der Waals surface area contributed by atoms with Crippen LogP contribution in [-0.4, -0.2) is 81.8 Å². The lowest BCUT2D eigenvalue weighted by atomic mass is 9.55. The summed E-state index contributed by atoms with van der Waals surface area (Å²) in [7, 11) is 4.85. The molecule has 0 bridgehead atoms. The number of aromatic hydroxyl groups is 1. The van der Waals surface area contributed by atoms with Gasteiger partial charge in [-0.1, -0.05) is 24.3 Å². The molecule has 0 aromatic heterocycles. The standard InChI is InChI=1S/C29H32N2O8/c1-31(2)23-18-11-15-10-17-16(14-6-4-5-13(9-14)12-39-3)7-8-19(32)21(17)24(33)20(15)26(35)29(18,38)27(36)22(25(23)34)28(30)37/h4-9,15,18,22-23,25,32,34-35,38H,10-12H2,1-3H3,(H2,30,37)/t15-,18-,22?,23-,25?,29-/m0/s1. The summed E-state index contributed by atoms with van der Waals surface area (Å²) in [4.78, 5) is 41.1. The summed E-state index contributed by atoms with van der Waals surface area (Å²) in [5.74, 6) is -7.53. The molecule has 5 rings (SSSR count). The summed E-state index contributed by atoms with van der Waals surface area (Å²) in [5, 5.41) is 44.9. The Kier molecular flexibility index (Phi) is 6.62. The molecule has 3 aliphatic carbocycles. The monoisotopic (exact) mass is 536 g/mol. The molecule has 6 N–H and O–H groups in total. The van der Waals surface area contributed by atoms with Gasteiger partial charge in [-0.3, -0.25) is 14.4 Å². The molecule has 3 aliphatic rings. The molecule has 2 unspecified atom stereocenters. The van der Waals surface area contributed by atoms with Gasteiger partial charge in [-0.05, 0) is 67.2 Å². The molecule has 39 heavy (non-hydrogen) atoms. The number of aliphatic hydroxyl groups is 3. The maximum absolute atomic E-state index is 13.9. The predicted octanol–water partition coefficient (Wildman–Crippen LogP) is 1.10. The maximum Gasteiger partial charge on any atom is 0.230 e. The van der Waals surface area contributed by atoms with Gasteiger partial charge < -0.3 is 35.8 Å². The highest BCUT2D eigenvalue weighted by atomic mass is 16.5. The minimum Gasteiger partial charge on any atom is -0.508 e. The fourth-order valence-electron chi connectivity index (χ4n) is 6.87. The van der Waals surface area contributed by atoms with Crippen LogP contribution in [0.15, 0.2) is 47.7 Å². The molecule has 1 saturated carbocycles. The first-order valence-corrected chi connectivity index (χ1v) is 12.7. The number of nitrogens with zero attached hydrogens (tertiary/aromatic N) is 1. The molecule has 2 aromatic carbocycles. The van der Waals surface area contributed by atoms with Crippen molar-refractivity contribution in [2.75, 3.05) is 21.2 Å². The molecule has 0 saturated heterocycles. The molecule has 10 nitrogen and oxygen atoms in total. The number of aliphatic hydroxyl groups excluding tert-OH is 2. The smallest absolute Gasteiger partial charge is 0.230 e. The minimum atomic E-state index is -2.60. The topological polar surface area (TPSA) is 171 Å². The molecule has 0 spiro atoms. The molecular formula is C29H32N2O8. The number of phenols is 1. The average molecular weight is 537 g/mol. The van der Waals surface area contributed by atoms with Crippen LogP contribution < -0.4 is 5.73 Å². The fourth-order valence-corrected chi connectivity index (χ4v) is 6.87. The van der Waals surface area contributed by atoms with Gasteiger partial charge in [0.15, 0.2) is 17.2 Å². The number of likely N-dealkylation sites (N-methyl/N-ethyl adjacent to an activating group) is 1. The van der Waals surface area contributed by atoms with E-state index in [1.165, 1.54) is 6.07 Å². The van der Waals surface area contributed by atoms with Crippen molar-refractivity contribution in [2.45, 2.75) is 37.2 Å². The third-order valence-electron chi connectivity index (χ3n) is 8.53. The highest BCUT2D eigenvalue weighted by Crippen LogP contribution is 2.53. The largest absolute Gasteiger partial charge is 0.508 e. The number of Topliss-reactive ketones (excluding diaryl/α,β-unsaturated/α-hetero) is 2. The van der Waals surface area contributed by atoms with Crippen LogP contribution in [0.3, 0.4) is 0 Å². The van der Waals surface area contributed by atoms with E-state index in [9.17, 15) is 34.8 Å². The number of ether oxygens (including phenoxy) is 1. The van der Waals surface area contributed by atoms with Crippen LogP contribution in [0.5, 0.6) is 5.75 Å². The van der Waals surface area contributed by atoms with Crippen LogP contribution in [0, 0.1) is 17.8 Å². The van der Waals surface area contributed by atoms with Crippen LogP contribution in [0.1, 0.15) is 27.9 Å². The molecule has 10 heteroatoms. The third kappa shape index (κ3) is 3.89. The minimum absolute atomic E-state index is 0.0107. The first kappa shape index (κ1) is 27.0. The molecule has 2 aromatic rings. The summed E-state index contributed by atoms with van der Waals surface area (Å²) in [6.45, 7) is 0.394. The lowest BCUT2D eigenvalue weighted by Crippen LogP contribution is -2.71. The fraction of sp³-hybridized carbons (Fsp3) is 0.414. The SMILES string of the molecule is COCc1cccc(-c2ccc(O)c3c2C[C@H]2C[C@H]4[C@H](N(C)C)C(O)C(C(N)=O)C(=O)[C@@]4(O)C(O)=C2C3=O)c1. The van der Waals surface area contributed by atoms with Crippen LogP contribution in [0.4, 0.5) is 0 Å². The number of nitrogens with two attached hydrogens (primary N) is 1. The number of hydrogen-bond donors (Lipinski definition) is 5. The summed E-state index contributed by atoms with van der Waals surface area (Å²) < 4.78 is 5.25. The number of carbonyl (C=O) groups excluding carboxylic acids is 3. The quantitative estimate of drug-likeness (QED) is 0.351. The molecule has 1 fully saturated rings. The Balaban J connectivity index is 1.69. The van der Waals surface area contributed by atoms with Gasteiger partial charge in [-0.25, -0.2) is 0 Å². The Hall–Kier alpha value is -3.57. The normalized spacial score (nSPS) is 30.2. The van der Waals surface area contributed by atoms with Crippen LogP contribution >= 0.6 is 0 Å². The molecule has 1 amide bonds. The number of hydrogen-bond acceptors (Lipinski definition) is 9. The van der Waals surface area contributed by atoms with Crippen molar-refractivity contribution in [3.05, 3.63) is 64.4 Å². The van der Waals surface area contributed by atoms with Crippen molar-refractivity contribution in [1.29, 1.82) is 0 Å². The van der Waals surface area contributed by atoms with Crippen molar-refractivity contribution >= 4 is 17.5 Å². The number of benzene rings is 2. The number of amides is 1. The number of fused-ring (bicyclic) bond motifs is 3. The van der Waals surface area contributed by atoms with Crippen LogP contribution in [0.25, 0.3) is 11.1 Å². The Morgan fingerprint density at radius 2 is 1.90 bits per heavy atom. The van der Waals surface area contributed by atoms with Gasteiger partial charge in [0, 0.05) is 24.6 Å². The number of ketones is 2. The van der Waals surface area contributed by atoms with E-state index in [0.29, 0.717) is 12.2 Å². The summed E-state index contributed by atoms with van der Waals surface area (Å²) in [6, 6.07) is 9.83. The van der Waals surface area contributed by atoms with E-state index >= 15 is 0 Å². The Morgan fingerprint density at radius 1 is 1.18 bits per heavy atom.